The molecule has 15 heteroatoms. The molecule has 0 fully saturated rings. The van der Waals surface area contributed by atoms with Gasteiger partial charge >= 0.3 is 229 Å². The van der Waals surface area contributed by atoms with Gasteiger partial charge in [0.05, 0.1) is 0 Å². The first kappa shape index (κ1) is 33.2. The Bertz CT molecular complexity index is 1540. The Labute approximate surface area is 227 Å². The number of nitriles is 10. The van der Waals surface area contributed by atoms with Crippen LogP contribution in [-0.4, -0.2) is 44.3 Å². The monoisotopic (exact) mass is 714 g/mol. The van der Waals surface area contributed by atoms with E-state index in [4.69, 9.17) is 0 Å². The van der Waals surface area contributed by atoms with Gasteiger partial charge in [0.15, 0.2) is 0 Å². The van der Waals surface area contributed by atoms with Crippen molar-refractivity contribution >= 4 is 44.3 Å². The SMILES string of the molecule is [CH3][Sb]([CH3])(=[O])[C](B([C](=C(C#N)C#N)[Sb]([CH3])([CH3])=[O])C(C(C#N)=C(C#N)C#N)C(C#N)=C(C#N)C#N)=C(C#N)C#N. The van der Waals surface area contributed by atoms with E-state index in [2.05, 4.69) is 0 Å². The molecule has 0 heterocycles. The summed E-state index contributed by atoms with van der Waals surface area (Å²) in [5, 5.41) is 97.0. The standard InChI is InChI=1S/C19HBN10.4CH3.2O.2Sb/c21-3-13(4-22)1-20(2-14(5-23)6-24)19(17(11-29)15(7-25)8-26)18(12-30)16(9-27)10-28;;;;;;;;/h19H;4*1H3;;;;. The summed E-state index contributed by atoms with van der Waals surface area (Å²) >= 11 is -10.0. The maximum atomic E-state index is 13.7. The molecule has 0 N–H and O–H groups in total. The molecule has 0 aliphatic rings. The van der Waals surface area contributed by atoms with Gasteiger partial charge < -0.3 is 0 Å². The molecular weight excluding hydrogens is 703 g/mol. The fourth-order valence-corrected chi connectivity index (χ4v) is 13.5. The number of hydrogen-bond acceptors (Lipinski definition) is 12. The van der Waals surface area contributed by atoms with E-state index < -0.39 is 90.4 Å². The molecule has 0 aromatic heterocycles. The Morgan fingerprint density at radius 2 is 0.711 bits per heavy atom. The topological polar surface area (TPSA) is 272 Å². The molecule has 38 heavy (non-hydrogen) atoms. The first-order valence-electron chi connectivity index (χ1n) is 9.83. The Morgan fingerprint density at radius 3 is 0.868 bits per heavy atom. The average molecular weight is 716 g/mol. The Balaban J connectivity index is 9.41. The van der Waals surface area contributed by atoms with Crippen molar-refractivity contribution < 1.29 is 6.03 Å². The van der Waals surface area contributed by atoms with Gasteiger partial charge in [-0.3, -0.25) is 0 Å². The molecule has 0 atom stereocenters. The van der Waals surface area contributed by atoms with Crippen LogP contribution >= 0.6 is 0 Å². The zero-order valence-electron chi connectivity index (χ0n) is 20.3. The van der Waals surface area contributed by atoms with E-state index in [0.29, 0.717) is 0 Å². The van der Waals surface area contributed by atoms with Crippen LogP contribution in [0.1, 0.15) is 0 Å². The molecule has 0 unspecified atom stereocenters. The minimum atomic E-state index is -5.01. The van der Waals surface area contributed by atoms with Gasteiger partial charge in [-0.1, -0.05) is 0 Å². The van der Waals surface area contributed by atoms with Gasteiger partial charge in [0.1, 0.15) is 0 Å². The Morgan fingerprint density at radius 1 is 0.474 bits per heavy atom. The summed E-state index contributed by atoms with van der Waals surface area (Å²) in [6.45, 7) is -1.96. The normalized spacial score (nSPS) is 9.24. The fourth-order valence-electron chi connectivity index (χ4n) is 3.57. The molecule has 180 valence electrons. The number of nitrogens with zero attached hydrogens (tertiary/aromatic N) is 10. The zero-order chi connectivity index (χ0) is 29.8. The van der Waals surface area contributed by atoms with Crippen LogP contribution in [0, 0.1) is 113 Å². The van der Waals surface area contributed by atoms with E-state index in [1.54, 1.807) is 36.4 Å². The van der Waals surface area contributed by atoms with Crippen molar-refractivity contribution in [1.82, 2.24) is 0 Å². The first-order chi connectivity index (χ1) is 17.7. The van der Waals surface area contributed by atoms with Crippen molar-refractivity contribution in [2.24, 2.45) is 0 Å². The van der Waals surface area contributed by atoms with Gasteiger partial charge in [-0.25, -0.2) is 0 Å². The second-order valence-corrected chi connectivity index (χ2v) is 26.0. The van der Waals surface area contributed by atoms with Gasteiger partial charge in [0, 0.05) is 0 Å². The third kappa shape index (κ3) is 7.11. The van der Waals surface area contributed by atoms with Crippen LogP contribution in [0.2, 0.25) is 25.3 Å². The summed E-state index contributed by atoms with van der Waals surface area (Å²) in [5.41, 5.74) is -5.11. The summed E-state index contributed by atoms with van der Waals surface area (Å²) in [6.07, 6.45) is 0. The van der Waals surface area contributed by atoms with Crippen LogP contribution in [-0.2, 0) is 6.03 Å². The Hall–Kier alpha value is -4.84. The minimum absolute atomic E-state index is 0.527. The van der Waals surface area contributed by atoms with E-state index in [0.717, 1.165) is 0 Å². The third-order valence-electron chi connectivity index (χ3n) is 4.89. The van der Waals surface area contributed by atoms with E-state index >= 15 is 0 Å². The molecule has 0 saturated heterocycles. The quantitative estimate of drug-likeness (QED) is 0.272. The Kier molecular flexibility index (Phi) is 12.3. The van der Waals surface area contributed by atoms with Crippen molar-refractivity contribution in [2.75, 3.05) is 0 Å². The summed E-state index contributed by atoms with van der Waals surface area (Å²) in [6, 6.07) is 15.1. The van der Waals surface area contributed by atoms with Gasteiger partial charge in [-0.05, 0) is 0 Å². The van der Waals surface area contributed by atoms with Crippen LogP contribution in [0.5, 0.6) is 0 Å². The van der Waals surface area contributed by atoms with E-state index in [1.165, 1.54) is 43.8 Å². The van der Waals surface area contributed by atoms with Crippen LogP contribution in [0.25, 0.3) is 0 Å². The van der Waals surface area contributed by atoms with Gasteiger partial charge in [0.2, 0.25) is 0 Å². The molecule has 0 bridgehead atoms. The zero-order valence-corrected chi connectivity index (χ0v) is 25.4. The predicted molar refractivity (Wildman–Crippen MR) is 130 cm³/mol. The molecule has 0 aliphatic carbocycles. The van der Waals surface area contributed by atoms with Gasteiger partial charge in [-0.2, -0.15) is 0 Å². The van der Waals surface area contributed by atoms with Crippen molar-refractivity contribution in [3.05, 3.63) is 40.3 Å². The molecular formula is C23H13BN10O2Sb2. The molecule has 12 nitrogen and oxygen atoms in total. The summed E-state index contributed by atoms with van der Waals surface area (Å²) in [5.74, 6) is -2.06. The summed E-state index contributed by atoms with van der Waals surface area (Å²) < 4.78 is 26.3. The number of rotatable bonds is 7. The molecule has 0 aliphatic heterocycles. The van der Waals surface area contributed by atoms with Crippen molar-refractivity contribution in [3.63, 3.8) is 0 Å². The maximum absolute atomic E-state index is 13.7. The molecule has 0 aromatic carbocycles. The number of allylic oxidation sites excluding steroid dienone is 6. The second kappa shape index (κ2) is 14.0. The van der Waals surface area contributed by atoms with Crippen LogP contribution in [0.3, 0.4) is 0 Å². The van der Waals surface area contributed by atoms with Crippen molar-refractivity contribution in [1.29, 1.82) is 52.6 Å². The van der Waals surface area contributed by atoms with Crippen molar-refractivity contribution in [3.8, 4) is 60.7 Å². The molecule has 0 amide bonds. The summed E-state index contributed by atoms with van der Waals surface area (Å²) in [7, 11) is 0. The van der Waals surface area contributed by atoms with Gasteiger partial charge in [0.25, 0.3) is 0 Å². The molecule has 0 saturated carbocycles. The van der Waals surface area contributed by atoms with E-state index in [1.807, 2.05) is 0 Å². The molecule has 0 radical (unpaired) electrons. The third-order valence-corrected chi connectivity index (χ3v) is 14.4. The second-order valence-electron chi connectivity index (χ2n) is 7.87. The number of hydrogen-bond donors (Lipinski definition) is 0. The van der Waals surface area contributed by atoms with Crippen molar-refractivity contribution in [2.45, 2.75) is 25.3 Å². The van der Waals surface area contributed by atoms with Crippen LogP contribution < -0.4 is 0 Å². The van der Waals surface area contributed by atoms with Crippen LogP contribution in [0.15, 0.2) is 40.3 Å². The average Bonchev–Trinajstić information content (AvgIpc) is 2.86. The molecule has 0 aromatic rings. The first-order valence-corrected chi connectivity index (χ1v) is 24.7. The summed E-state index contributed by atoms with van der Waals surface area (Å²) in [4.78, 5) is 4.69. The predicted octanol–water partition coefficient (Wildman–Crippen LogP) is 2.70. The fraction of sp³-hybridized carbons (Fsp3) is 0.217. The molecule has 0 spiro atoms. The van der Waals surface area contributed by atoms with E-state index in [-0.39, 0.29) is 0 Å². The molecule has 0 rings (SSSR count). The van der Waals surface area contributed by atoms with Gasteiger partial charge in [-0.15, -0.1) is 0 Å². The van der Waals surface area contributed by atoms with E-state index in [9.17, 15) is 58.7 Å². The van der Waals surface area contributed by atoms with Crippen LogP contribution in [0.4, 0.5) is 0 Å².